The average Bonchev–Trinajstić information content (AvgIpc) is 2.28. The minimum atomic E-state index is -0.450. The van der Waals surface area contributed by atoms with Gasteiger partial charge in [0.2, 0.25) is 0 Å². The molecule has 1 aliphatic rings. The Morgan fingerprint density at radius 2 is 2.13 bits per heavy atom. The van der Waals surface area contributed by atoms with Gasteiger partial charge in [0.15, 0.2) is 11.5 Å². The second-order valence-electron chi connectivity index (χ2n) is 2.97. The molecule has 5 heteroatoms. The number of esters is 1. The minimum absolute atomic E-state index is 0.353. The Labute approximate surface area is 91.7 Å². The summed E-state index contributed by atoms with van der Waals surface area (Å²) in [5.74, 6) is 0.513. The molecule has 1 aliphatic heterocycles. The van der Waals surface area contributed by atoms with Gasteiger partial charge in [-0.05, 0) is 12.1 Å². The number of methoxy groups -OCH3 is 1. The molecule has 0 saturated carbocycles. The zero-order chi connectivity index (χ0) is 10.8. The van der Waals surface area contributed by atoms with Crippen molar-refractivity contribution >= 4 is 17.6 Å². The first-order valence-corrected chi connectivity index (χ1v) is 4.77. The van der Waals surface area contributed by atoms with Crippen LogP contribution in [0.5, 0.6) is 11.5 Å². The summed E-state index contributed by atoms with van der Waals surface area (Å²) >= 11 is 5.94. The van der Waals surface area contributed by atoms with Gasteiger partial charge in [-0.2, -0.15) is 0 Å². The lowest BCUT2D eigenvalue weighted by molar-refractivity contribution is 0.0599. The molecular formula is C10H9ClO4. The van der Waals surface area contributed by atoms with Gasteiger partial charge in [0.1, 0.15) is 13.2 Å². The van der Waals surface area contributed by atoms with E-state index in [1.807, 2.05) is 0 Å². The summed E-state index contributed by atoms with van der Waals surface area (Å²) in [6.45, 7) is 0.915. The maximum Gasteiger partial charge on any atom is 0.338 e. The van der Waals surface area contributed by atoms with Gasteiger partial charge < -0.3 is 14.2 Å². The zero-order valence-corrected chi connectivity index (χ0v) is 8.84. The maximum absolute atomic E-state index is 11.3. The predicted octanol–water partition coefficient (Wildman–Crippen LogP) is 1.90. The highest BCUT2D eigenvalue weighted by molar-refractivity contribution is 6.32. The lowest BCUT2D eigenvalue weighted by atomic mass is 10.2. The van der Waals surface area contributed by atoms with Gasteiger partial charge in [-0.3, -0.25) is 0 Å². The molecule has 2 rings (SSSR count). The third-order valence-corrected chi connectivity index (χ3v) is 2.30. The van der Waals surface area contributed by atoms with E-state index in [9.17, 15) is 4.79 Å². The van der Waals surface area contributed by atoms with E-state index in [0.717, 1.165) is 0 Å². The minimum Gasteiger partial charge on any atom is -0.486 e. The summed E-state index contributed by atoms with van der Waals surface area (Å²) < 4.78 is 15.2. The molecule has 1 heterocycles. The van der Waals surface area contributed by atoms with Gasteiger partial charge in [0.25, 0.3) is 0 Å². The molecule has 0 saturated heterocycles. The van der Waals surface area contributed by atoms with E-state index in [1.54, 1.807) is 6.07 Å². The molecule has 0 unspecified atom stereocenters. The van der Waals surface area contributed by atoms with Crippen LogP contribution >= 0.6 is 11.6 Å². The largest absolute Gasteiger partial charge is 0.486 e. The highest BCUT2D eigenvalue weighted by Crippen LogP contribution is 2.38. The van der Waals surface area contributed by atoms with E-state index < -0.39 is 5.97 Å². The summed E-state index contributed by atoms with van der Waals surface area (Å²) in [7, 11) is 1.31. The Kier molecular flexibility index (Phi) is 2.68. The number of hydrogen-bond acceptors (Lipinski definition) is 4. The molecule has 0 atom stereocenters. The van der Waals surface area contributed by atoms with Gasteiger partial charge in [-0.15, -0.1) is 0 Å². The third-order valence-electron chi connectivity index (χ3n) is 2.02. The Balaban J connectivity index is 2.45. The Morgan fingerprint density at radius 3 is 2.87 bits per heavy atom. The summed E-state index contributed by atoms with van der Waals surface area (Å²) in [6.07, 6.45) is 0. The molecular weight excluding hydrogens is 220 g/mol. The summed E-state index contributed by atoms with van der Waals surface area (Å²) in [6, 6.07) is 3.06. The van der Waals surface area contributed by atoms with Gasteiger partial charge in [-0.25, -0.2) is 4.79 Å². The summed E-state index contributed by atoms with van der Waals surface area (Å²) in [5.41, 5.74) is 0.353. The fourth-order valence-corrected chi connectivity index (χ4v) is 1.61. The van der Waals surface area contributed by atoms with Crippen LogP contribution in [0.2, 0.25) is 5.02 Å². The fourth-order valence-electron chi connectivity index (χ4n) is 1.35. The number of hydrogen-bond donors (Lipinski definition) is 0. The highest BCUT2D eigenvalue weighted by atomic mass is 35.5. The predicted molar refractivity (Wildman–Crippen MR) is 53.8 cm³/mol. The van der Waals surface area contributed by atoms with Crippen molar-refractivity contribution < 1.29 is 19.0 Å². The molecule has 0 N–H and O–H groups in total. The second kappa shape index (κ2) is 3.98. The number of fused-ring (bicyclic) bond motifs is 1. The van der Waals surface area contributed by atoms with Crippen LogP contribution in [0.15, 0.2) is 12.1 Å². The molecule has 4 nitrogen and oxygen atoms in total. The van der Waals surface area contributed by atoms with Crippen LogP contribution in [0.25, 0.3) is 0 Å². The smallest absolute Gasteiger partial charge is 0.338 e. The normalized spacial score (nSPS) is 13.5. The first-order valence-electron chi connectivity index (χ1n) is 4.40. The molecule has 0 aliphatic carbocycles. The molecule has 0 amide bonds. The number of carbonyl (C=O) groups is 1. The van der Waals surface area contributed by atoms with E-state index in [4.69, 9.17) is 21.1 Å². The first kappa shape index (κ1) is 10.1. The van der Waals surface area contributed by atoms with E-state index >= 15 is 0 Å². The zero-order valence-electron chi connectivity index (χ0n) is 8.08. The van der Waals surface area contributed by atoms with E-state index in [0.29, 0.717) is 35.3 Å². The molecule has 0 aromatic heterocycles. The molecule has 0 bridgehead atoms. The van der Waals surface area contributed by atoms with Gasteiger partial charge >= 0.3 is 5.97 Å². The quantitative estimate of drug-likeness (QED) is 0.689. The standard InChI is InChI=1S/C10H9ClO4/c1-13-10(12)6-4-7(11)9-8(5-6)14-2-3-15-9/h4-5H,2-3H2,1H3. The van der Waals surface area contributed by atoms with Crippen LogP contribution < -0.4 is 9.47 Å². The van der Waals surface area contributed by atoms with E-state index in [2.05, 4.69) is 4.74 Å². The van der Waals surface area contributed by atoms with Gasteiger partial charge in [-0.1, -0.05) is 11.6 Å². The van der Waals surface area contributed by atoms with Crippen LogP contribution in [0, 0.1) is 0 Å². The Bertz CT molecular complexity index is 403. The Hall–Kier alpha value is -1.42. The number of rotatable bonds is 1. The molecule has 80 valence electrons. The van der Waals surface area contributed by atoms with Crippen molar-refractivity contribution in [1.82, 2.24) is 0 Å². The number of benzene rings is 1. The molecule has 0 fully saturated rings. The topological polar surface area (TPSA) is 44.8 Å². The van der Waals surface area contributed by atoms with Crippen molar-refractivity contribution in [2.45, 2.75) is 0 Å². The van der Waals surface area contributed by atoms with E-state index in [1.165, 1.54) is 13.2 Å². The number of halogens is 1. The van der Waals surface area contributed by atoms with Gasteiger partial charge in [0.05, 0.1) is 17.7 Å². The lowest BCUT2D eigenvalue weighted by Crippen LogP contribution is -2.16. The van der Waals surface area contributed by atoms with Crippen molar-refractivity contribution in [1.29, 1.82) is 0 Å². The second-order valence-corrected chi connectivity index (χ2v) is 3.38. The first-order chi connectivity index (χ1) is 7.22. The number of ether oxygens (including phenoxy) is 3. The number of carbonyl (C=O) groups excluding carboxylic acids is 1. The summed E-state index contributed by atoms with van der Waals surface area (Å²) in [5, 5.41) is 0.354. The fraction of sp³-hybridized carbons (Fsp3) is 0.300. The van der Waals surface area contributed by atoms with Crippen molar-refractivity contribution in [2.75, 3.05) is 20.3 Å². The molecule has 0 radical (unpaired) electrons. The molecule has 15 heavy (non-hydrogen) atoms. The van der Waals surface area contributed by atoms with Crippen LogP contribution in [0.1, 0.15) is 10.4 Å². The highest BCUT2D eigenvalue weighted by Gasteiger charge is 2.19. The SMILES string of the molecule is COC(=O)c1cc(Cl)c2c(c1)OCCO2. The molecule has 1 aromatic rings. The van der Waals surface area contributed by atoms with Crippen molar-refractivity contribution in [3.8, 4) is 11.5 Å². The van der Waals surface area contributed by atoms with Crippen LogP contribution in [0.3, 0.4) is 0 Å². The van der Waals surface area contributed by atoms with E-state index in [-0.39, 0.29) is 0 Å². The van der Waals surface area contributed by atoms with Crippen LogP contribution in [-0.2, 0) is 4.74 Å². The van der Waals surface area contributed by atoms with Crippen molar-refractivity contribution in [3.05, 3.63) is 22.7 Å². The molecule has 0 spiro atoms. The lowest BCUT2D eigenvalue weighted by Gasteiger charge is -2.19. The maximum atomic E-state index is 11.3. The van der Waals surface area contributed by atoms with Crippen LogP contribution in [0.4, 0.5) is 0 Å². The van der Waals surface area contributed by atoms with Crippen LogP contribution in [-0.4, -0.2) is 26.3 Å². The van der Waals surface area contributed by atoms with Crippen molar-refractivity contribution in [2.24, 2.45) is 0 Å². The van der Waals surface area contributed by atoms with Crippen molar-refractivity contribution in [3.63, 3.8) is 0 Å². The third kappa shape index (κ3) is 1.85. The summed E-state index contributed by atoms with van der Waals surface area (Å²) in [4.78, 5) is 11.3. The Morgan fingerprint density at radius 1 is 1.40 bits per heavy atom. The average molecular weight is 229 g/mol. The molecule has 1 aromatic carbocycles. The van der Waals surface area contributed by atoms with Gasteiger partial charge in [0, 0.05) is 0 Å². The monoisotopic (exact) mass is 228 g/mol.